The fourth-order valence-corrected chi connectivity index (χ4v) is 5.02. The van der Waals surface area contributed by atoms with E-state index in [4.69, 9.17) is 4.74 Å². The molecule has 1 N–H and O–H groups in total. The Morgan fingerprint density at radius 1 is 1.15 bits per heavy atom. The van der Waals surface area contributed by atoms with Crippen molar-refractivity contribution in [1.82, 2.24) is 4.31 Å². The van der Waals surface area contributed by atoms with E-state index in [0.29, 0.717) is 24.5 Å². The van der Waals surface area contributed by atoms with Crippen LogP contribution in [-0.2, 0) is 19.6 Å². The SMILES string of the molecule is CCN(CC)S(=O)(=O)c1ccc(OC)c(NC(=O)C2=NN(c3cccc(C)c3)C(=O)CC2)c1. The third-order valence-corrected chi connectivity index (χ3v) is 7.35. The van der Waals surface area contributed by atoms with Crippen LogP contribution in [0.15, 0.2) is 52.5 Å². The van der Waals surface area contributed by atoms with E-state index in [1.54, 1.807) is 19.9 Å². The van der Waals surface area contributed by atoms with Gasteiger partial charge in [-0.25, -0.2) is 13.4 Å². The Hall–Kier alpha value is -3.24. The largest absolute Gasteiger partial charge is 0.495 e. The van der Waals surface area contributed by atoms with E-state index < -0.39 is 15.9 Å². The minimum absolute atomic E-state index is 0.0458. The van der Waals surface area contributed by atoms with Crippen LogP contribution in [0.4, 0.5) is 11.4 Å². The number of carbonyl (C=O) groups excluding carboxylic acids is 2. The van der Waals surface area contributed by atoms with Crippen molar-refractivity contribution < 1.29 is 22.7 Å². The number of hydrogen-bond donors (Lipinski definition) is 1. The molecule has 0 saturated carbocycles. The number of anilines is 2. The fourth-order valence-electron chi connectivity index (χ4n) is 3.53. The third kappa shape index (κ3) is 5.23. The second kappa shape index (κ2) is 10.1. The summed E-state index contributed by atoms with van der Waals surface area (Å²) >= 11 is 0. The first kappa shape index (κ1) is 24.4. The normalized spacial score (nSPS) is 14.3. The van der Waals surface area contributed by atoms with E-state index >= 15 is 0 Å². The van der Waals surface area contributed by atoms with Crippen LogP contribution in [0, 0.1) is 6.92 Å². The monoisotopic (exact) mass is 472 g/mol. The molecule has 0 fully saturated rings. The molecule has 0 unspecified atom stereocenters. The van der Waals surface area contributed by atoms with Crippen molar-refractivity contribution in [3.05, 3.63) is 48.0 Å². The van der Waals surface area contributed by atoms with Gasteiger partial charge in [0.1, 0.15) is 11.5 Å². The molecule has 0 bridgehead atoms. The van der Waals surface area contributed by atoms with Gasteiger partial charge in [0.15, 0.2) is 0 Å². The Labute approximate surface area is 194 Å². The molecule has 3 rings (SSSR count). The quantitative estimate of drug-likeness (QED) is 0.635. The van der Waals surface area contributed by atoms with Crippen LogP contribution in [-0.4, -0.2) is 50.4 Å². The summed E-state index contributed by atoms with van der Waals surface area (Å²) in [6.45, 7) is 6.07. The lowest BCUT2D eigenvalue weighted by atomic mass is 10.1. The lowest BCUT2D eigenvalue weighted by molar-refractivity contribution is -0.118. The maximum atomic E-state index is 13.0. The Kier molecular flexibility index (Phi) is 7.50. The minimum atomic E-state index is -3.72. The minimum Gasteiger partial charge on any atom is -0.495 e. The summed E-state index contributed by atoms with van der Waals surface area (Å²) in [7, 11) is -2.29. The smallest absolute Gasteiger partial charge is 0.271 e. The highest BCUT2D eigenvalue weighted by Gasteiger charge is 2.27. The molecule has 2 aromatic carbocycles. The number of sulfonamides is 1. The first-order valence-corrected chi connectivity index (χ1v) is 12.1. The van der Waals surface area contributed by atoms with E-state index in [1.165, 1.54) is 34.6 Å². The number of hydrogen-bond acceptors (Lipinski definition) is 6. The van der Waals surface area contributed by atoms with Gasteiger partial charge in [-0.1, -0.05) is 26.0 Å². The van der Waals surface area contributed by atoms with Crippen molar-refractivity contribution in [2.45, 2.75) is 38.5 Å². The summed E-state index contributed by atoms with van der Waals surface area (Å²) in [5.41, 5.74) is 1.91. The van der Waals surface area contributed by atoms with Gasteiger partial charge < -0.3 is 10.1 Å². The zero-order valence-electron chi connectivity index (χ0n) is 19.2. The Morgan fingerprint density at radius 3 is 2.52 bits per heavy atom. The highest BCUT2D eigenvalue weighted by atomic mass is 32.2. The van der Waals surface area contributed by atoms with E-state index in [2.05, 4.69) is 10.4 Å². The zero-order chi connectivity index (χ0) is 24.2. The molecule has 33 heavy (non-hydrogen) atoms. The third-order valence-electron chi connectivity index (χ3n) is 5.30. The van der Waals surface area contributed by atoms with Crippen molar-refractivity contribution in [3.63, 3.8) is 0 Å². The first-order valence-electron chi connectivity index (χ1n) is 10.7. The lowest BCUT2D eigenvalue weighted by Crippen LogP contribution is -2.36. The van der Waals surface area contributed by atoms with Gasteiger partial charge in [0.25, 0.3) is 5.91 Å². The number of aryl methyl sites for hydroxylation is 1. The maximum absolute atomic E-state index is 13.0. The van der Waals surface area contributed by atoms with Crippen LogP contribution in [0.25, 0.3) is 0 Å². The molecular weight excluding hydrogens is 444 g/mol. The summed E-state index contributed by atoms with van der Waals surface area (Å²) in [5, 5.41) is 8.20. The Bertz CT molecular complexity index is 1190. The fraction of sp³-hybridized carbons (Fsp3) is 0.348. The molecule has 176 valence electrons. The molecule has 10 heteroatoms. The van der Waals surface area contributed by atoms with E-state index in [-0.39, 0.29) is 35.0 Å². The number of ether oxygens (including phenoxy) is 1. The second-order valence-electron chi connectivity index (χ2n) is 7.50. The van der Waals surface area contributed by atoms with Gasteiger partial charge in [-0.3, -0.25) is 9.59 Å². The van der Waals surface area contributed by atoms with Crippen molar-refractivity contribution in [2.75, 3.05) is 30.5 Å². The topological polar surface area (TPSA) is 108 Å². The van der Waals surface area contributed by atoms with Gasteiger partial charge in [-0.15, -0.1) is 0 Å². The maximum Gasteiger partial charge on any atom is 0.271 e. The number of benzene rings is 2. The summed E-state index contributed by atoms with van der Waals surface area (Å²) in [6.07, 6.45) is 0.306. The van der Waals surface area contributed by atoms with Crippen LogP contribution >= 0.6 is 0 Å². The standard InChI is InChI=1S/C23H28N4O5S/c1-5-26(6-2)33(30,31)18-10-12-21(32-4)20(15-18)24-23(29)19-11-13-22(28)27(25-19)17-9-7-8-16(3)14-17/h7-10,12,14-15H,5-6,11,13H2,1-4H3,(H,24,29). The molecule has 1 aliphatic heterocycles. The predicted molar refractivity (Wildman–Crippen MR) is 127 cm³/mol. The number of amides is 2. The second-order valence-corrected chi connectivity index (χ2v) is 9.43. The van der Waals surface area contributed by atoms with Crippen molar-refractivity contribution in [2.24, 2.45) is 5.10 Å². The van der Waals surface area contributed by atoms with Gasteiger partial charge in [0.2, 0.25) is 15.9 Å². The van der Waals surface area contributed by atoms with Crippen molar-refractivity contribution >= 4 is 38.9 Å². The zero-order valence-corrected chi connectivity index (χ0v) is 20.0. The van der Waals surface area contributed by atoms with Gasteiger partial charge in [0.05, 0.1) is 23.4 Å². The highest BCUT2D eigenvalue weighted by molar-refractivity contribution is 7.89. The van der Waals surface area contributed by atoms with E-state index in [1.807, 2.05) is 25.1 Å². The molecule has 0 atom stereocenters. The molecule has 0 spiro atoms. The summed E-state index contributed by atoms with van der Waals surface area (Å²) < 4.78 is 32.4. The number of nitrogens with one attached hydrogen (secondary N) is 1. The number of methoxy groups -OCH3 is 1. The molecule has 0 saturated heterocycles. The van der Waals surface area contributed by atoms with Crippen molar-refractivity contribution in [3.8, 4) is 5.75 Å². The van der Waals surface area contributed by atoms with Crippen LogP contribution < -0.4 is 15.1 Å². The highest BCUT2D eigenvalue weighted by Crippen LogP contribution is 2.29. The van der Waals surface area contributed by atoms with Gasteiger partial charge >= 0.3 is 0 Å². The van der Waals surface area contributed by atoms with Crippen LogP contribution in [0.5, 0.6) is 5.75 Å². The van der Waals surface area contributed by atoms with Gasteiger partial charge in [-0.05, 0) is 42.8 Å². The predicted octanol–water partition coefficient (Wildman–Crippen LogP) is 3.16. The number of carbonyl (C=O) groups is 2. The number of rotatable bonds is 8. The van der Waals surface area contributed by atoms with Crippen LogP contribution in [0.1, 0.15) is 32.3 Å². The average Bonchev–Trinajstić information content (AvgIpc) is 2.79. The van der Waals surface area contributed by atoms with Crippen molar-refractivity contribution in [1.29, 1.82) is 0 Å². The van der Waals surface area contributed by atoms with Crippen LogP contribution in [0.3, 0.4) is 0 Å². The molecule has 2 aromatic rings. The molecule has 2 amide bonds. The summed E-state index contributed by atoms with van der Waals surface area (Å²) in [5.74, 6) is -0.428. The number of nitrogens with zero attached hydrogens (tertiary/aromatic N) is 3. The first-order chi connectivity index (χ1) is 15.7. The molecule has 0 radical (unpaired) electrons. The Morgan fingerprint density at radius 2 is 1.88 bits per heavy atom. The molecule has 1 heterocycles. The number of hydrazone groups is 1. The van der Waals surface area contributed by atoms with Crippen LogP contribution in [0.2, 0.25) is 0 Å². The van der Waals surface area contributed by atoms with E-state index in [9.17, 15) is 18.0 Å². The molecule has 0 aromatic heterocycles. The van der Waals surface area contributed by atoms with Gasteiger partial charge in [-0.2, -0.15) is 9.41 Å². The molecule has 9 nitrogen and oxygen atoms in total. The lowest BCUT2D eigenvalue weighted by Gasteiger charge is -2.24. The Balaban J connectivity index is 1.91. The van der Waals surface area contributed by atoms with Gasteiger partial charge in [0, 0.05) is 25.9 Å². The average molecular weight is 473 g/mol. The summed E-state index contributed by atoms with van der Waals surface area (Å²) in [6, 6.07) is 11.6. The molecule has 1 aliphatic rings. The molecule has 0 aliphatic carbocycles. The molecular formula is C23H28N4O5S. The summed E-state index contributed by atoms with van der Waals surface area (Å²) in [4.78, 5) is 25.4. The van der Waals surface area contributed by atoms with E-state index in [0.717, 1.165) is 5.56 Å².